The maximum atomic E-state index is 12.7. The second-order valence-electron chi connectivity index (χ2n) is 6.45. The van der Waals surface area contributed by atoms with Crippen molar-refractivity contribution in [2.45, 2.75) is 50.0 Å². The van der Waals surface area contributed by atoms with E-state index in [1.165, 1.54) is 0 Å². The SMILES string of the molecule is O=C(NNC(=O)C1(c2ccc(Cl)cc2)CCCC1)C(=O)NC1CC1. The van der Waals surface area contributed by atoms with Crippen LogP contribution < -0.4 is 16.2 Å². The molecule has 0 unspecified atom stereocenters. The molecule has 0 aliphatic heterocycles. The summed E-state index contributed by atoms with van der Waals surface area (Å²) in [7, 11) is 0. The van der Waals surface area contributed by atoms with Gasteiger partial charge in [0.15, 0.2) is 0 Å². The smallest absolute Gasteiger partial charge is 0.327 e. The molecule has 2 saturated carbocycles. The van der Waals surface area contributed by atoms with E-state index < -0.39 is 17.2 Å². The van der Waals surface area contributed by atoms with Gasteiger partial charge in [-0.1, -0.05) is 36.6 Å². The van der Waals surface area contributed by atoms with Crippen molar-refractivity contribution in [1.29, 1.82) is 0 Å². The Bertz CT molecular complexity index is 650. The summed E-state index contributed by atoms with van der Waals surface area (Å²) in [6, 6.07) is 7.29. The predicted molar refractivity (Wildman–Crippen MR) is 89.0 cm³/mol. The first-order valence-electron chi connectivity index (χ1n) is 8.19. The third-order valence-corrected chi connectivity index (χ3v) is 4.95. The molecule has 2 aliphatic carbocycles. The van der Waals surface area contributed by atoms with Gasteiger partial charge in [0, 0.05) is 11.1 Å². The van der Waals surface area contributed by atoms with Crippen molar-refractivity contribution in [1.82, 2.24) is 16.2 Å². The first-order valence-corrected chi connectivity index (χ1v) is 8.56. The fraction of sp³-hybridized carbons (Fsp3) is 0.471. The number of amides is 3. The Hall–Kier alpha value is -2.08. The molecule has 1 aromatic rings. The number of carbonyl (C=O) groups excluding carboxylic acids is 3. The van der Waals surface area contributed by atoms with Crippen molar-refractivity contribution in [3.05, 3.63) is 34.9 Å². The molecule has 2 fully saturated rings. The van der Waals surface area contributed by atoms with E-state index >= 15 is 0 Å². The second-order valence-corrected chi connectivity index (χ2v) is 6.89. The van der Waals surface area contributed by atoms with Gasteiger partial charge in [0.05, 0.1) is 5.41 Å². The van der Waals surface area contributed by atoms with Crippen LogP contribution >= 0.6 is 11.6 Å². The van der Waals surface area contributed by atoms with Crippen LogP contribution in [0.4, 0.5) is 0 Å². The van der Waals surface area contributed by atoms with Gasteiger partial charge in [0.2, 0.25) is 5.91 Å². The highest BCUT2D eigenvalue weighted by Crippen LogP contribution is 2.41. The number of rotatable bonds is 3. The van der Waals surface area contributed by atoms with E-state index in [9.17, 15) is 14.4 Å². The van der Waals surface area contributed by atoms with Gasteiger partial charge in [-0.25, -0.2) is 0 Å². The molecule has 0 bridgehead atoms. The minimum Gasteiger partial charge on any atom is -0.345 e. The Morgan fingerprint density at radius 2 is 1.58 bits per heavy atom. The monoisotopic (exact) mass is 349 g/mol. The zero-order valence-electron chi connectivity index (χ0n) is 13.2. The van der Waals surface area contributed by atoms with Crippen LogP contribution in [0.15, 0.2) is 24.3 Å². The Kier molecular flexibility index (Phi) is 4.76. The average Bonchev–Trinajstić information content (AvgIpc) is 3.25. The minimum absolute atomic E-state index is 0.0918. The van der Waals surface area contributed by atoms with Crippen LogP contribution in [0.25, 0.3) is 0 Å². The van der Waals surface area contributed by atoms with Gasteiger partial charge in [0.25, 0.3) is 0 Å². The lowest BCUT2D eigenvalue weighted by Crippen LogP contribution is -2.54. The van der Waals surface area contributed by atoms with Crippen molar-refractivity contribution in [3.8, 4) is 0 Å². The molecule has 3 amide bonds. The molecule has 2 aliphatic rings. The molecule has 0 spiro atoms. The summed E-state index contributed by atoms with van der Waals surface area (Å²) >= 11 is 5.93. The molecule has 3 N–H and O–H groups in total. The summed E-state index contributed by atoms with van der Waals surface area (Å²) in [4.78, 5) is 36.1. The molecule has 6 nitrogen and oxygen atoms in total. The molecular weight excluding hydrogens is 330 g/mol. The molecule has 0 saturated heterocycles. The van der Waals surface area contributed by atoms with Gasteiger partial charge in [-0.15, -0.1) is 0 Å². The number of halogens is 1. The van der Waals surface area contributed by atoms with Crippen LogP contribution in [0.2, 0.25) is 5.02 Å². The number of carbonyl (C=O) groups is 3. The number of benzene rings is 1. The molecule has 128 valence electrons. The van der Waals surface area contributed by atoms with E-state index in [1.54, 1.807) is 12.1 Å². The first-order chi connectivity index (χ1) is 11.5. The highest BCUT2D eigenvalue weighted by molar-refractivity contribution is 6.35. The number of hydrogen-bond acceptors (Lipinski definition) is 3. The predicted octanol–water partition coefficient (Wildman–Crippen LogP) is 1.58. The zero-order chi connectivity index (χ0) is 17.2. The molecule has 0 radical (unpaired) electrons. The molecule has 0 heterocycles. The van der Waals surface area contributed by atoms with Crippen molar-refractivity contribution in [2.75, 3.05) is 0 Å². The first kappa shape index (κ1) is 16.8. The van der Waals surface area contributed by atoms with Gasteiger partial charge in [-0.2, -0.15) is 0 Å². The Morgan fingerprint density at radius 1 is 0.958 bits per heavy atom. The standard InChI is InChI=1S/C17H20ClN3O3/c18-12-5-3-11(4-6-12)17(9-1-2-10-17)16(24)21-20-15(23)14(22)19-13-7-8-13/h3-6,13H,1-2,7-10H2,(H,19,22)(H,20,23)(H,21,24). The quantitative estimate of drug-likeness (QED) is 0.572. The number of hydrogen-bond donors (Lipinski definition) is 3. The fourth-order valence-electron chi connectivity index (χ4n) is 3.16. The Labute approximate surface area is 145 Å². The molecule has 0 atom stereocenters. The van der Waals surface area contributed by atoms with Crippen molar-refractivity contribution in [3.63, 3.8) is 0 Å². The molecule has 1 aromatic carbocycles. The summed E-state index contributed by atoms with van der Waals surface area (Å²) in [5.74, 6) is -1.86. The summed E-state index contributed by atoms with van der Waals surface area (Å²) in [5, 5.41) is 3.19. The van der Waals surface area contributed by atoms with Crippen LogP contribution in [-0.2, 0) is 19.8 Å². The topological polar surface area (TPSA) is 87.3 Å². The van der Waals surface area contributed by atoms with Crippen LogP contribution in [0, 0.1) is 0 Å². The van der Waals surface area contributed by atoms with E-state index in [-0.39, 0.29) is 11.9 Å². The Morgan fingerprint density at radius 3 is 2.17 bits per heavy atom. The number of hydrazine groups is 1. The van der Waals surface area contributed by atoms with E-state index in [4.69, 9.17) is 11.6 Å². The van der Waals surface area contributed by atoms with Crippen LogP contribution in [-0.4, -0.2) is 23.8 Å². The highest BCUT2D eigenvalue weighted by Gasteiger charge is 2.43. The summed E-state index contributed by atoms with van der Waals surface area (Å²) in [6.45, 7) is 0. The lowest BCUT2D eigenvalue weighted by Gasteiger charge is -2.28. The third-order valence-electron chi connectivity index (χ3n) is 4.70. The largest absolute Gasteiger partial charge is 0.345 e. The van der Waals surface area contributed by atoms with Gasteiger partial charge in [-0.05, 0) is 43.4 Å². The third kappa shape index (κ3) is 3.53. The second kappa shape index (κ2) is 6.81. The lowest BCUT2D eigenvalue weighted by molar-refractivity contribution is -0.141. The molecule has 7 heteroatoms. The summed E-state index contributed by atoms with van der Waals surface area (Å²) in [6.07, 6.45) is 5.06. The van der Waals surface area contributed by atoms with E-state index in [2.05, 4.69) is 16.2 Å². The number of nitrogens with one attached hydrogen (secondary N) is 3. The molecular formula is C17H20ClN3O3. The van der Waals surface area contributed by atoms with E-state index in [1.807, 2.05) is 12.1 Å². The maximum Gasteiger partial charge on any atom is 0.327 e. The van der Waals surface area contributed by atoms with E-state index in [0.717, 1.165) is 31.2 Å². The highest BCUT2D eigenvalue weighted by atomic mass is 35.5. The van der Waals surface area contributed by atoms with Gasteiger partial charge >= 0.3 is 11.8 Å². The van der Waals surface area contributed by atoms with Crippen molar-refractivity contribution in [2.24, 2.45) is 0 Å². The van der Waals surface area contributed by atoms with Crippen LogP contribution in [0.3, 0.4) is 0 Å². The van der Waals surface area contributed by atoms with Gasteiger partial charge in [-0.3, -0.25) is 25.2 Å². The molecule has 24 heavy (non-hydrogen) atoms. The van der Waals surface area contributed by atoms with Gasteiger partial charge in [0.1, 0.15) is 0 Å². The Balaban J connectivity index is 1.65. The average molecular weight is 350 g/mol. The van der Waals surface area contributed by atoms with Gasteiger partial charge < -0.3 is 5.32 Å². The van der Waals surface area contributed by atoms with Crippen molar-refractivity contribution >= 4 is 29.3 Å². The van der Waals surface area contributed by atoms with Crippen LogP contribution in [0.5, 0.6) is 0 Å². The minimum atomic E-state index is -0.848. The lowest BCUT2D eigenvalue weighted by atomic mass is 9.78. The summed E-state index contributed by atoms with van der Waals surface area (Å²) < 4.78 is 0. The molecule has 3 rings (SSSR count). The van der Waals surface area contributed by atoms with Crippen molar-refractivity contribution < 1.29 is 14.4 Å². The summed E-state index contributed by atoms with van der Waals surface area (Å²) in [5.41, 5.74) is 4.83. The normalized spacial score (nSPS) is 18.7. The fourth-order valence-corrected chi connectivity index (χ4v) is 3.29. The van der Waals surface area contributed by atoms with Crippen LogP contribution in [0.1, 0.15) is 44.1 Å². The van der Waals surface area contributed by atoms with E-state index in [0.29, 0.717) is 17.9 Å². The zero-order valence-corrected chi connectivity index (χ0v) is 14.0. The molecule has 0 aromatic heterocycles. The maximum absolute atomic E-state index is 12.7.